The van der Waals surface area contributed by atoms with Crippen molar-refractivity contribution in [3.63, 3.8) is 0 Å². The maximum Gasteiger partial charge on any atom is 0.492 e. The smallest absolute Gasteiger partial charge is 0.423 e. The van der Waals surface area contributed by atoms with Crippen LogP contribution in [0.3, 0.4) is 0 Å². The fraction of sp³-hybridized carbons (Fsp3) is 0.500. The minimum atomic E-state index is -0.707. The molecule has 1 aromatic carbocycles. The van der Waals surface area contributed by atoms with Gasteiger partial charge in [-0.2, -0.15) is 0 Å². The highest BCUT2D eigenvalue weighted by Gasteiger charge is 2.55. The maximum absolute atomic E-state index is 9.84. The second-order valence-electron chi connectivity index (χ2n) is 4.97. The highest BCUT2D eigenvalue weighted by atomic mass is 16.5. The molecule has 1 spiro atoms. The molecule has 1 aliphatic carbocycles. The van der Waals surface area contributed by atoms with Crippen molar-refractivity contribution in [2.75, 3.05) is 0 Å². The summed E-state index contributed by atoms with van der Waals surface area (Å²) in [6.07, 6.45) is 2.11. The fourth-order valence-corrected chi connectivity index (χ4v) is 2.40. The molecular formula is C12H15BO2. The Hall–Kier alpha value is -0.795. The van der Waals surface area contributed by atoms with Gasteiger partial charge in [-0.1, -0.05) is 32.0 Å². The molecule has 0 amide bonds. The number of rotatable bonds is 1. The lowest BCUT2D eigenvalue weighted by molar-refractivity contribution is 0.167. The summed E-state index contributed by atoms with van der Waals surface area (Å²) in [4.78, 5) is 0. The van der Waals surface area contributed by atoms with Crippen LogP contribution in [0, 0.1) is 0 Å². The average Bonchev–Trinajstić information content (AvgIpc) is 2.91. The second kappa shape index (κ2) is 2.86. The summed E-state index contributed by atoms with van der Waals surface area (Å²) in [6, 6.07) is 6.39. The monoisotopic (exact) mass is 202 g/mol. The molecular weight excluding hydrogens is 187 g/mol. The first kappa shape index (κ1) is 9.43. The van der Waals surface area contributed by atoms with Gasteiger partial charge in [-0.3, -0.25) is 0 Å². The minimum Gasteiger partial charge on any atom is -0.423 e. The van der Waals surface area contributed by atoms with Crippen LogP contribution in [0.25, 0.3) is 0 Å². The van der Waals surface area contributed by atoms with E-state index in [4.69, 9.17) is 4.65 Å². The normalized spacial score (nSPS) is 21.2. The van der Waals surface area contributed by atoms with Crippen LogP contribution in [0.15, 0.2) is 18.2 Å². The van der Waals surface area contributed by atoms with Gasteiger partial charge in [0, 0.05) is 0 Å². The first-order chi connectivity index (χ1) is 7.12. The number of hydrogen-bond donors (Lipinski definition) is 1. The van der Waals surface area contributed by atoms with Gasteiger partial charge < -0.3 is 9.68 Å². The van der Waals surface area contributed by atoms with E-state index in [1.807, 2.05) is 0 Å². The van der Waals surface area contributed by atoms with Crippen molar-refractivity contribution in [1.82, 2.24) is 0 Å². The molecule has 1 aliphatic heterocycles. The maximum atomic E-state index is 9.84. The zero-order valence-corrected chi connectivity index (χ0v) is 9.16. The van der Waals surface area contributed by atoms with E-state index in [1.165, 1.54) is 11.1 Å². The van der Waals surface area contributed by atoms with E-state index in [0.717, 1.165) is 18.3 Å². The minimum absolute atomic E-state index is 0.121. The fourth-order valence-electron chi connectivity index (χ4n) is 2.40. The zero-order chi connectivity index (χ0) is 10.6. The van der Waals surface area contributed by atoms with E-state index in [0.29, 0.717) is 5.92 Å². The molecule has 0 atom stereocenters. The lowest BCUT2D eigenvalue weighted by atomic mass is 9.77. The van der Waals surface area contributed by atoms with Gasteiger partial charge in [-0.05, 0) is 35.3 Å². The summed E-state index contributed by atoms with van der Waals surface area (Å²) in [6.45, 7) is 4.33. The Balaban J connectivity index is 2.09. The SMILES string of the molecule is CC(C)c1ccc2c(c1)B(O)OC21CC1. The summed E-state index contributed by atoms with van der Waals surface area (Å²) in [5.41, 5.74) is 3.34. The zero-order valence-electron chi connectivity index (χ0n) is 9.16. The second-order valence-corrected chi connectivity index (χ2v) is 4.97. The summed E-state index contributed by atoms with van der Waals surface area (Å²) in [5, 5.41) is 9.84. The van der Waals surface area contributed by atoms with E-state index in [9.17, 15) is 5.02 Å². The first-order valence-electron chi connectivity index (χ1n) is 5.63. The third-order valence-corrected chi connectivity index (χ3v) is 3.54. The topological polar surface area (TPSA) is 29.5 Å². The Morgan fingerprint density at radius 2 is 2.13 bits per heavy atom. The predicted octanol–water partition coefficient (Wildman–Crippen LogP) is 1.52. The molecule has 1 fully saturated rings. The molecule has 15 heavy (non-hydrogen) atoms. The first-order valence-corrected chi connectivity index (χ1v) is 5.63. The number of hydrogen-bond acceptors (Lipinski definition) is 2. The number of fused-ring (bicyclic) bond motifs is 2. The molecule has 0 bridgehead atoms. The van der Waals surface area contributed by atoms with Crippen molar-refractivity contribution >= 4 is 12.6 Å². The van der Waals surface area contributed by atoms with Crippen molar-refractivity contribution in [3.05, 3.63) is 29.3 Å². The molecule has 78 valence electrons. The van der Waals surface area contributed by atoms with Crippen LogP contribution >= 0.6 is 0 Å². The van der Waals surface area contributed by atoms with Crippen molar-refractivity contribution in [2.24, 2.45) is 0 Å². The van der Waals surface area contributed by atoms with Crippen LogP contribution in [-0.4, -0.2) is 12.1 Å². The van der Waals surface area contributed by atoms with Gasteiger partial charge in [0.2, 0.25) is 0 Å². The third kappa shape index (κ3) is 1.26. The Morgan fingerprint density at radius 3 is 2.73 bits per heavy atom. The molecule has 2 nitrogen and oxygen atoms in total. The lowest BCUT2D eigenvalue weighted by Crippen LogP contribution is -2.28. The molecule has 2 aliphatic rings. The summed E-state index contributed by atoms with van der Waals surface area (Å²) in [5.74, 6) is 0.498. The Kier molecular flexibility index (Phi) is 1.80. The van der Waals surface area contributed by atoms with Gasteiger partial charge in [-0.15, -0.1) is 0 Å². The summed E-state index contributed by atoms with van der Waals surface area (Å²) < 4.78 is 5.62. The largest absolute Gasteiger partial charge is 0.492 e. The summed E-state index contributed by atoms with van der Waals surface area (Å²) >= 11 is 0. The summed E-state index contributed by atoms with van der Waals surface area (Å²) in [7, 11) is -0.707. The van der Waals surface area contributed by atoms with Gasteiger partial charge in [0.15, 0.2) is 0 Å². The Morgan fingerprint density at radius 1 is 1.40 bits per heavy atom. The number of benzene rings is 1. The third-order valence-electron chi connectivity index (χ3n) is 3.54. The molecule has 0 aromatic heterocycles. The van der Waals surface area contributed by atoms with Crippen molar-refractivity contribution in [3.8, 4) is 0 Å². The standard InChI is InChI=1S/C12H15BO2/c1-8(2)9-3-4-10-11(7-9)13(14)15-12(10)5-6-12/h3-4,7-8,14H,5-6H2,1-2H3. The van der Waals surface area contributed by atoms with Crippen LogP contribution in [0.2, 0.25) is 0 Å². The van der Waals surface area contributed by atoms with Gasteiger partial charge >= 0.3 is 7.12 Å². The van der Waals surface area contributed by atoms with Crippen molar-refractivity contribution < 1.29 is 9.68 Å². The van der Waals surface area contributed by atoms with E-state index < -0.39 is 7.12 Å². The Labute approximate surface area is 90.4 Å². The van der Waals surface area contributed by atoms with Gasteiger partial charge in [-0.25, -0.2) is 0 Å². The molecule has 1 N–H and O–H groups in total. The lowest BCUT2D eigenvalue weighted by Gasteiger charge is -2.10. The van der Waals surface area contributed by atoms with E-state index in [-0.39, 0.29) is 5.60 Å². The van der Waals surface area contributed by atoms with Crippen molar-refractivity contribution in [1.29, 1.82) is 0 Å². The molecule has 1 aromatic rings. The van der Waals surface area contributed by atoms with E-state index in [1.54, 1.807) is 0 Å². The van der Waals surface area contributed by atoms with Crippen molar-refractivity contribution in [2.45, 2.75) is 38.2 Å². The van der Waals surface area contributed by atoms with Gasteiger partial charge in [0.1, 0.15) is 0 Å². The molecule has 1 heterocycles. The molecule has 3 heteroatoms. The van der Waals surface area contributed by atoms with Crippen LogP contribution in [0.1, 0.15) is 43.7 Å². The molecule has 0 unspecified atom stereocenters. The molecule has 3 rings (SSSR count). The molecule has 0 radical (unpaired) electrons. The van der Waals surface area contributed by atoms with Crippen LogP contribution in [0.4, 0.5) is 0 Å². The van der Waals surface area contributed by atoms with Crippen LogP contribution < -0.4 is 5.46 Å². The highest BCUT2D eigenvalue weighted by Crippen LogP contribution is 2.51. The van der Waals surface area contributed by atoms with Crippen LogP contribution in [0.5, 0.6) is 0 Å². The molecule has 0 saturated heterocycles. The van der Waals surface area contributed by atoms with Crippen LogP contribution in [-0.2, 0) is 10.3 Å². The quantitative estimate of drug-likeness (QED) is 0.699. The molecule has 1 saturated carbocycles. The van der Waals surface area contributed by atoms with E-state index >= 15 is 0 Å². The van der Waals surface area contributed by atoms with Gasteiger partial charge in [0.05, 0.1) is 5.60 Å². The predicted molar refractivity (Wildman–Crippen MR) is 60.1 cm³/mol. The van der Waals surface area contributed by atoms with Gasteiger partial charge in [0.25, 0.3) is 0 Å². The Bertz CT molecular complexity index is 410. The average molecular weight is 202 g/mol. The van der Waals surface area contributed by atoms with E-state index in [2.05, 4.69) is 32.0 Å². The highest BCUT2D eigenvalue weighted by molar-refractivity contribution is 6.62.